The molecule has 0 N–H and O–H groups in total. The fraction of sp³-hybridized carbons (Fsp3) is 0.600. The molecule has 1 aromatic rings. The average molecular weight is 311 g/mol. The van der Waals surface area contributed by atoms with Gasteiger partial charge in [0, 0.05) is 19.7 Å². The maximum absolute atomic E-state index is 12.4. The van der Waals surface area contributed by atoms with Gasteiger partial charge < -0.3 is 14.4 Å². The number of hydrogen-bond acceptors (Lipinski definition) is 5. The Labute approximate surface area is 128 Å². The normalized spacial score (nSPS) is 17.7. The Kier molecular flexibility index (Phi) is 6.20. The highest BCUT2D eigenvalue weighted by Gasteiger charge is 2.23. The van der Waals surface area contributed by atoms with Crippen molar-refractivity contribution in [3.05, 3.63) is 22.4 Å². The summed E-state index contributed by atoms with van der Waals surface area (Å²) in [5, 5.41) is 3.93. The van der Waals surface area contributed by atoms with E-state index in [0.29, 0.717) is 19.5 Å². The van der Waals surface area contributed by atoms with Crippen molar-refractivity contribution in [2.45, 2.75) is 31.8 Å². The van der Waals surface area contributed by atoms with Gasteiger partial charge in [-0.1, -0.05) is 0 Å². The minimum absolute atomic E-state index is 0.0350. The standard InChI is InChI=1S/C15H21NO4S/c1-19-15(18)4-6-16(10-13-3-2-7-20-13)14(17)9-12-5-8-21-11-12/h5,8,11,13H,2-4,6-7,9-10H2,1H3. The third-order valence-corrected chi connectivity index (χ3v) is 4.28. The number of hydrogen-bond donors (Lipinski definition) is 0. The Morgan fingerprint density at radius 1 is 1.52 bits per heavy atom. The molecule has 0 bridgehead atoms. The summed E-state index contributed by atoms with van der Waals surface area (Å²) in [6.45, 7) is 1.70. The van der Waals surface area contributed by atoms with Gasteiger partial charge in [-0.25, -0.2) is 0 Å². The number of rotatable bonds is 7. The molecule has 0 aliphatic carbocycles. The SMILES string of the molecule is COC(=O)CCN(CC1CCCO1)C(=O)Cc1ccsc1. The van der Waals surface area contributed by atoms with Crippen LogP contribution in [0.1, 0.15) is 24.8 Å². The van der Waals surface area contributed by atoms with E-state index in [1.165, 1.54) is 7.11 Å². The van der Waals surface area contributed by atoms with Gasteiger partial charge in [0.25, 0.3) is 0 Å². The smallest absolute Gasteiger partial charge is 0.307 e. The molecule has 21 heavy (non-hydrogen) atoms. The Balaban J connectivity index is 1.92. The van der Waals surface area contributed by atoms with Crippen molar-refractivity contribution in [3.63, 3.8) is 0 Å². The average Bonchev–Trinajstić information content (AvgIpc) is 3.16. The lowest BCUT2D eigenvalue weighted by Crippen LogP contribution is -2.39. The second kappa shape index (κ2) is 8.14. The molecule has 5 nitrogen and oxygen atoms in total. The fourth-order valence-electron chi connectivity index (χ4n) is 2.36. The van der Waals surface area contributed by atoms with Gasteiger partial charge in [-0.2, -0.15) is 11.3 Å². The van der Waals surface area contributed by atoms with E-state index in [0.717, 1.165) is 25.0 Å². The molecule has 0 spiro atoms. The zero-order valence-corrected chi connectivity index (χ0v) is 13.1. The summed E-state index contributed by atoms with van der Waals surface area (Å²) in [6.07, 6.45) is 2.69. The number of methoxy groups -OCH3 is 1. The van der Waals surface area contributed by atoms with Gasteiger partial charge >= 0.3 is 5.97 Å². The Hall–Kier alpha value is -1.40. The summed E-state index contributed by atoms with van der Waals surface area (Å²) in [5.41, 5.74) is 1.01. The quantitative estimate of drug-likeness (QED) is 0.721. The highest BCUT2D eigenvalue weighted by Crippen LogP contribution is 2.15. The van der Waals surface area contributed by atoms with E-state index in [1.54, 1.807) is 16.2 Å². The minimum Gasteiger partial charge on any atom is -0.469 e. The maximum atomic E-state index is 12.4. The van der Waals surface area contributed by atoms with Crippen molar-refractivity contribution in [1.29, 1.82) is 0 Å². The van der Waals surface area contributed by atoms with E-state index in [2.05, 4.69) is 4.74 Å². The Morgan fingerprint density at radius 2 is 2.38 bits per heavy atom. The molecule has 0 aromatic carbocycles. The summed E-state index contributed by atoms with van der Waals surface area (Å²) in [6, 6.07) is 1.95. The van der Waals surface area contributed by atoms with Crippen molar-refractivity contribution >= 4 is 23.2 Å². The number of nitrogens with zero attached hydrogens (tertiary/aromatic N) is 1. The fourth-order valence-corrected chi connectivity index (χ4v) is 3.03. The largest absolute Gasteiger partial charge is 0.469 e. The second-order valence-corrected chi connectivity index (χ2v) is 5.89. The molecular weight excluding hydrogens is 290 g/mol. The summed E-state index contributed by atoms with van der Waals surface area (Å²) < 4.78 is 10.2. The van der Waals surface area contributed by atoms with Crippen LogP contribution in [-0.4, -0.2) is 49.7 Å². The highest BCUT2D eigenvalue weighted by atomic mass is 32.1. The molecule has 1 aromatic heterocycles. The van der Waals surface area contributed by atoms with Crippen LogP contribution in [-0.2, 0) is 25.5 Å². The molecule has 116 valence electrons. The molecule has 2 rings (SSSR count). The first-order valence-electron chi connectivity index (χ1n) is 7.16. The van der Waals surface area contributed by atoms with Crippen molar-refractivity contribution in [3.8, 4) is 0 Å². The number of ether oxygens (including phenoxy) is 2. The zero-order valence-electron chi connectivity index (χ0n) is 12.2. The van der Waals surface area contributed by atoms with Crippen molar-refractivity contribution in [2.75, 3.05) is 26.8 Å². The number of carbonyl (C=O) groups excluding carboxylic acids is 2. The molecule has 1 fully saturated rings. The predicted octanol–water partition coefficient (Wildman–Crippen LogP) is 1.86. The van der Waals surface area contributed by atoms with Crippen molar-refractivity contribution in [2.24, 2.45) is 0 Å². The summed E-state index contributed by atoms with van der Waals surface area (Å²) in [7, 11) is 1.36. The van der Waals surface area contributed by atoms with E-state index in [1.807, 2.05) is 16.8 Å². The lowest BCUT2D eigenvalue weighted by atomic mass is 10.2. The lowest BCUT2D eigenvalue weighted by Gasteiger charge is -2.25. The second-order valence-electron chi connectivity index (χ2n) is 5.11. The molecule has 0 saturated carbocycles. The summed E-state index contributed by atoms with van der Waals surface area (Å²) >= 11 is 1.58. The van der Waals surface area contributed by atoms with E-state index in [-0.39, 0.29) is 24.4 Å². The molecule has 1 aliphatic heterocycles. The number of carbonyl (C=O) groups is 2. The van der Waals surface area contributed by atoms with Gasteiger partial charge in [-0.05, 0) is 35.2 Å². The molecule has 1 unspecified atom stereocenters. The van der Waals surface area contributed by atoms with E-state index < -0.39 is 0 Å². The van der Waals surface area contributed by atoms with Gasteiger partial charge in [-0.3, -0.25) is 9.59 Å². The lowest BCUT2D eigenvalue weighted by molar-refractivity contribution is -0.142. The highest BCUT2D eigenvalue weighted by molar-refractivity contribution is 7.07. The molecule has 6 heteroatoms. The van der Waals surface area contributed by atoms with Crippen LogP contribution in [0.25, 0.3) is 0 Å². The molecule has 1 atom stereocenters. The number of thiophene rings is 1. The van der Waals surface area contributed by atoms with Crippen LogP contribution in [0.2, 0.25) is 0 Å². The Bertz CT molecular complexity index is 454. The van der Waals surface area contributed by atoms with Gasteiger partial charge in [-0.15, -0.1) is 0 Å². The predicted molar refractivity (Wildman–Crippen MR) is 80.2 cm³/mol. The number of esters is 1. The van der Waals surface area contributed by atoms with Crippen LogP contribution in [0.4, 0.5) is 0 Å². The van der Waals surface area contributed by atoms with E-state index in [4.69, 9.17) is 4.74 Å². The summed E-state index contributed by atoms with van der Waals surface area (Å²) in [5.74, 6) is -0.261. The first-order valence-corrected chi connectivity index (χ1v) is 8.10. The molecular formula is C15H21NO4S. The van der Waals surface area contributed by atoms with Crippen LogP contribution in [0.15, 0.2) is 16.8 Å². The monoisotopic (exact) mass is 311 g/mol. The first-order chi connectivity index (χ1) is 10.2. The minimum atomic E-state index is -0.296. The Morgan fingerprint density at radius 3 is 3.00 bits per heavy atom. The van der Waals surface area contributed by atoms with Crippen LogP contribution in [0.3, 0.4) is 0 Å². The van der Waals surface area contributed by atoms with Crippen LogP contribution in [0, 0.1) is 0 Å². The van der Waals surface area contributed by atoms with Gasteiger partial charge in [0.1, 0.15) is 0 Å². The van der Waals surface area contributed by atoms with Crippen LogP contribution < -0.4 is 0 Å². The van der Waals surface area contributed by atoms with Gasteiger partial charge in [0.15, 0.2) is 0 Å². The molecule has 1 aliphatic rings. The first kappa shape index (κ1) is 16.0. The van der Waals surface area contributed by atoms with Gasteiger partial charge in [0.05, 0.1) is 26.1 Å². The zero-order chi connectivity index (χ0) is 15.1. The van der Waals surface area contributed by atoms with Crippen molar-refractivity contribution < 1.29 is 19.1 Å². The van der Waals surface area contributed by atoms with Crippen molar-refractivity contribution in [1.82, 2.24) is 4.90 Å². The maximum Gasteiger partial charge on any atom is 0.307 e. The van der Waals surface area contributed by atoms with Crippen LogP contribution >= 0.6 is 11.3 Å². The topological polar surface area (TPSA) is 55.8 Å². The molecule has 0 radical (unpaired) electrons. The number of amides is 1. The van der Waals surface area contributed by atoms with E-state index >= 15 is 0 Å². The van der Waals surface area contributed by atoms with E-state index in [9.17, 15) is 9.59 Å². The molecule has 2 heterocycles. The van der Waals surface area contributed by atoms with Gasteiger partial charge in [0.2, 0.25) is 5.91 Å². The molecule has 1 saturated heterocycles. The summed E-state index contributed by atoms with van der Waals surface area (Å²) in [4.78, 5) is 25.5. The third-order valence-electron chi connectivity index (χ3n) is 3.55. The third kappa shape index (κ3) is 5.13. The van der Waals surface area contributed by atoms with Crippen LogP contribution in [0.5, 0.6) is 0 Å². The molecule has 1 amide bonds.